The highest BCUT2D eigenvalue weighted by Gasteiger charge is 2.19. The van der Waals surface area contributed by atoms with Gasteiger partial charge in [-0.25, -0.2) is 0 Å². The summed E-state index contributed by atoms with van der Waals surface area (Å²) >= 11 is 0. The van der Waals surface area contributed by atoms with Crippen LogP contribution in [0.15, 0.2) is 27.5 Å². The minimum atomic E-state index is 0.0150. The van der Waals surface area contributed by atoms with Crippen molar-refractivity contribution in [1.82, 2.24) is 10.3 Å². The molecule has 2 aromatic rings. The topological polar surface area (TPSA) is 75.1 Å². The largest absolute Gasteiger partial charge is 0.459 e. The van der Waals surface area contributed by atoms with Crippen molar-refractivity contribution in [2.24, 2.45) is 5.92 Å². The van der Waals surface area contributed by atoms with Gasteiger partial charge in [-0.3, -0.25) is 9.59 Å². The minimum Gasteiger partial charge on any atom is -0.459 e. The average Bonchev–Trinajstić information content (AvgIpc) is 3.02. The van der Waals surface area contributed by atoms with Gasteiger partial charge in [-0.15, -0.1) is 0 Å². The molecule has 3 rings (SSSR count). The van der Waals surface area contributed by atoms with Crippen molar-refractivity contribution in [3.05, 3.63) is 45.6 Å². The fourth-order valence-corrected chi connectivity index (χ4v) is 3.23. The molecule has 0 atom stereocenters. The Kier molecular flexibility index (Phi) is 4.88. The third kappa shape index (κ3) is 3.61. The molecule has 0 saturated heterocycles. The number of rotatable bonds is 5. The molecule has 5 heteroatoms. The van der Waals surface area contributed by atoms with Gasteiger partial charge in [0.25, 0.3) is 5.56 Å². The number of fused-ring (bicyclic) bond motifs is 1. The van der Waals surface area contributed by atoms with Gasteiger partial charge < -0.3 is 14.7 Å². The van der Waals surface area contributed by atoms with E-state index in [1.54, 1.807) is 6.20 Å². The maximum absolute atomic E-state index is 12.0. The second kappa shape index (κ2) is 7.07. The Bertz CT molecular complexity index is 786. The third-order valence-electron chi connectivity index (χ3n) is 4.40. The van der Waals surface area contributed by atoms with Gasteiger partial charge in [-0.1, -0.05) is 13.8 Å². The first-order valence-corrected chi connectivity index (χ1v) is 8.64. The summed E-state index contributed by atoms with van der Waals surface area (Å²) in [5, 5.41) is 2.88. The van der Waals surface area contributed by atoms with Crippen LogP contribution in [0.3, 0.4) is 0 Å². The monoisotopic (exact) mass is 328 g/mol. The predicted molar refractivity (Wildman–Crippen MR) is 92.7 cm³/mol. The smallest absolute Gasteiger partial charge is 0.251 e. The van der Waals surface area contributed by atoms with Gasteiger partial charge in [0.2, 0.25) is 5.91 Å². The number of carbonyl (C=O) groups is 1. The van der Waals surface area contributed by atoms with Crippen LogP contribution >= 0.6 is 0 Å². The second-order valence-corrected chi connectivity index (χ2v) is 6.84. The summed E-state index contributed by atoms with van der Waals surface area (Å²) in [7, 11) is 0. The zero-order valence-corrected chi connectivity index (χ0v) is 14.3. The molecule has 1 aliphatic carbocycles. The SMILES string of the molecule is CC(C)CC(=O)NCc1ccc(-c2c[nH]c(=O)c3c2CCCC3)o1. The summed E-state index contributed by atoms with van der Waals surface area (Å²) in [5.41, 5.74) is 2.97. The lowest BCUT2D eigenvalue weighted by Gasteiger charge is -2.17. The summed E-state index contributed by atoms with van der Waals surface area (Å²) in [6, 6.07) is 3.79. The molecule has 128 valence electrons. The Morgan fingerprint density at radius 1 is 1.25 bits per heavy atom. The van der Waals surface area contributed by atoms with Crippen molar-refractivity contribution in [2.75, 3.05) is 0 Å². The van der Waals surface area contributed by atoms with E-state index in [4.69, 9.17) is 4.42 Å². The normalized spacial score (nSPS) is 13.8. The molecule has 2 aromatic heterocycles. The van der Waals surface area contributed by atoms with Crippen LogP contribution in [-0.4, -0.2) is 10.9 Å². The van der Waals surface area contributed by atoms with E-state index in [1.165, 1.54) is 0 Å². The van der Waals surface area contributed by atoms with Gasteiger partial charge in [0.05, 0.1) is 6.54 Å². The first kappa shape index (κ1) is 16.6. The number of nitrogens with one attached hydrogen (secondary N) is 2. The summed E-state index contributed by atoms with van der Waals surface area (Å²) in [6.45, 7) is 4.42. The Morgan fingerprint density at radius 3 is 2.75 bits per heavy atom. The van der Waals surface area contributed by atoms with Crippen molar-refractivity contribution in [3.63, 3.8) is 0 Å². The van der Waals surface area contributed by atoms with Crippen LogP contribution in [0, 0.1) is 5.92 Å². The van der Waals surface area contributed by atoms with Gasteiger partial charge in [-0.2, -0.15) is 0 Å². The van der Waals surface area contributed by atoms with Crippen LogP contribution in [-0.2, 0) is 24.2 Å². The number of aromatic nitrogens is 1. The number of aromatic amines is 1. The number of hydrogen-bond acceptors (Lipinski definition) is 3. The molecule has 2 heterocycles. The maximum Gasteiger partial charge on any atom is 0.251 e. The molecule has 0 saturated carbocycles. The van der Waals surface area contributed by atoms with Gasteiger partial charge in [-0.05, 0) is 49.3 Å². The lowest BCUT2D eigenvalue weighted by molar-refractivity contribution is -0.122. The molecular weight excluding hydrogens is 304 g/mol. The number of H-pyrrole nitrogens is 1. The molecule has 0 spiro atoms. The van der Waals surface area contributed by atoms with Gasteiger partial charge in [0, 0.05) is 23.7 Å². The predicted octanol–water partition coefficient (Wildman–Crippen LogP) is 3.18. The summed E-state index contributed by atoms with van der Waals surface area (Å²) in [5.74, 6) is 1.84. The third-order valence-corrected chi connectivity index (χ3v) is 4.40. The molecule has 0 fully saturated rings. The molecule has 2 N–H and O–H groups in total. The molecular formula is C19H24N2O3. The number of carbonyl (C=O) groups excluding carboxylic acids is 1. The number of hydrogen-bond donors (Lipinski definition) is 2. The fourth-order valence-electron chi connectivity index (χ4n) is 3.23. The van der Waals surface area contributed by atoms with E-state index in [0.717, 1.165) is 53.9 Å². The van der Waals surface area contributed by atoms with Crippen LogP contribution in [0.1, 0.15) is 50.0 Å². The van der Waals surface area contributed by atoms with Crippen LogP contribution in [0.25, 0.3) is 11.3 Å². The standard InChI is InChI=1S/C19H24N2O3/c1-12(2)9-18(22)20-10-13-7-8-17(24-13)16-11-21-19(23)15-6-4-3-5-14(15)16/h7-8,11-12H,3-6,9-10H2,1-2H3,(H,20,22)(H,21,23). The van der Waals surface area contributed by atoms with Crippen LogP contribution in [0.4, 0.5) is 0 Å². The molecule has 0 aliphatic heterocycles. The van der Waals surface area contributed by atoms with E-state index in [9.17, 15) is 9.59 Å². The summed E-state index contributed by atoms with van der Waals surface area (Å²) in [4.78, 5) is 26.5. The van der Waals surface area contributed by atoms with Gasteiger partial charge in [0.15, 0.2) is 0 Å². The fraction of sp³-hybridized carbons (Fsp3) is 0.474. The van der Waals surface area contributed by atoms with E-state index in [1.807, 2.05) is 26.0 Å². The Hall–Kier alpha value is -2.30. The van der Waals surface area contributed by atoms with E-state index < -0.39 is 0 Å². The van der Waals surface area contributed by atoms with Gasteiger partial charge in [0.1, 0.15) is 11.5 Å². The molecule has 0 aromatic carbocycles. The number of furan rings is 1. The summed E-state index contributed by atoms with van der Waals surface area (Å²) < 4.78 is 5.89. The molecule has 0 bridgehead atoms. The summed E-state index contributed by atoms with van der Waals surface area (Å²) in [6.07, 6.45) is 6.16. The Balaban J connectivity index is 1.77. The first-order valence-electron chi connectivity index (χ1n) is 8.64. The van der Waals surface area contributed by atoms with E-state index in [2.05, 4.69) is 10.3 Å². The van der Waals surface area contributed by atoms with Crippen molar-refractivity contribution in [2.45, 2.75) is 52.5 Å². The lowest BCUT2D eigenvalue weighted by Crippen LogP contribution is -2.23. The van der Waals surface area contributed by atoms with Crippen LogP contribution in [0.5, 0.6) is 0 Å². The molecule has 1 amide bonds. The Morgan fingerprint density at radius 2 is 2.00 bits per heavy atom. The molecule has 24 heavy (non-hydrogen) atoms. The van der Waals surface area contributed by atoms with Crippen molar-refractivity contribution in [1.29, 1.82) is 0 Å². The molecule has 0 unspecified atom stereocenters. The molecule has 0 radical (unpaired) electrons. The number of pyridine rings is 1. The highest BCUT2D eigenvalue weighted by atomic mass is 16.3. The molecule has 1 aliphatic rings. The van der Waals surface area contributed by atoms with E-state index in [0.29, 0.717) is 18.9 Å². The van der Waals surface area contributed by atoms with E-state index >= 15 is 0 Å². The zero-order chi connectivity index (χ0) is 17.1. The second-order valence-electron chi connectivity index (χ2n) is 6.84. The first-order chi connectivity index (χ1) is 11.5. The quantitative estimate of drug-likeness (QED) is 0.885. The van der Waals surface area contributed by atoms with Crippen LogP contribution < -0.4 is 10.9 Å². The minimum absolute atomic E-state index is 0.0150. The lowest BCUT2D eigenvalue weighted by atomic mass is 9.89. The van der Waals surface area contributed by atoms with Crippen molar-refractivity contribution < 1.29 is 9.21 Å². The van der Waals surface area contributed by atoms with Gasteiger partial charge >= 0.3 is 0 Å². The average molecular weight is 328 g/mol. The van der Waals surface area contributed by atoms with Crippen molar-refractivity contribution in [3.8, 4) is 11.3 Å². The number of amides is 1. The zero-order valence-electron chi connectivity index (χ0n) is 14.3. The Labute approximate surface area is 141 Å². The van der Waals surface area contributed by atoms with Crippen LogP contribution in [0.2, 0.25) is 0 Å². The van der Waals surface area contributed by atoms with Crippen molar-refractivity contribution >= 4 is 5.91 Å². The maximum atomic E-state index is 12.0. The van der Waals surface area contributed by atoms with E-state index in [-0.39, 0.29) is 11.5 Å². The molecule has 5 nitrogen and oxygen atoms in total. The highest BCUT2D eigenvalue weighted by molar-refractivity contribution is 5.76. The highest BCUT2D eigenvalue weighted by Crippen LogP contribution is 2.30.